The Morgan fingerprint density at radius 3 is 1.68 bits per heavy atom. The molecule has 2 atom stereocenters. The zero-order valence-electron chi connectivity index (χ0n) is 23.9. The monoisotopic (exact) mass is 532 g/mol. The molecule has 1 aliphatic rings. The lowest BCUT2D eigenvalue weighted by molar-refractivity contribution is 0.00695. The number of para-hydroxylation sites is 1. The SMILES string of the molecule is CC(C)(C)OC(=O)c1ccc(C[C@@H]2CN(Cc3ccccc3)C[C@H](Cc3ccccc3)N2c2ccccc2)cc1. The molecule has 4 heteroatoms. The summed E-state index contributed by atoms with van der Waals surface area (Å²) in [6.45, 7) is 8.58. The minimum atomic E-state index is -0.510. The highest BCUT2D eigenvalue weighted by Crippen LogP contribution is 2.29. The third kappa shape index (κ3) is 7.40. The molecule has 0 aromatic heterocycles. The summed E-state index contributed by atoms with van der Waals surface area (Å²) in [5, 5.41) is 0. The molecule has 4 aromatic carbocycles. The van der Waals surface area contributed by atoms with Crippen molar-refractivity contribution in [3.05, 3.63) is 138 Å². The molecule has 0 radical (unpaired) electrons. The molecule has 1 aliphatic heterocycles. The zero-order valence-corrected chi connectivity index (χ0v) is 23.9. The van der Waals surface area contributed by atoms with Crippen LogP contribution in [0, 0.1) is 0 Å². The molecule has 0 aliphatic carbocycles. The van der Waals surface area contributed by atoms with Crippen LogP contribution in [-0.4, -0.2) is 41.6 Å². The maximum Gasteiger partial charge on any atom is 0.338 e. The molecule has 4 nitrogen and oxygen atoms in total. The second-order valence-electron chi connectivity index (χ2n) is 11.8. The number of hydrogen-bond donors (Lipinski definition) is 0. The van der Waals surface area contributed by atoms with E-state index in [4.69, 9.17) is 4.74 Å². The predicted molar refractivity (Wildman–Crippen MR) is 164 cm³/mol. The van der Waals surface area contributed by atoms with Crippen LogP contribution in [0.1, 0.15) is 47.8 Å². The summed E-state index contributed by atoms with van der Waals surface area (Å²) in [4.78, 5) is 17.9. The average molecular weight is 533 g/mol. The summed E-state index contributed by atoms with van der Waals surface area (Å²) in [6, 6.07) is 41.1. The van der Waals surface area contributed by atoms with Crippen LogP contribution in [-0.2, 0) is 24.1 Å². The molecular formula is C36H40N2O2. The molecule has 4 aromatic rings. The van der Waals surface area contributed by atoms with Gasteiger partial charge in [0.15, 0.2) is 0 Å². The van der Waals surface area contributed by atoms with Gasteiger partial charge in [-0.1, -0.05) is 91.0 Å². The number of rotatable bonds is 8. The third-order valence-electron chi connectivity index (χ3n) is 7.40. The molecule has 1 fully saturated rings. The van der Waals surface area contributed by atoms with Crippen molar-refractivity contribution in [3.8, 4) is 0 Å². The molecule has 0 spiro atoms. The Bertz CT molecular complexity index is 1350. The highest BCUT2D eigenvalue weighted by molar-refractivity contribution is 5.89. The fraction of sp³-hybridized carbons (Fsp3) is 0.306. The number of ether oxygens (including phenoxy) is 1. The van der Waals surface area contributed by atoms with Crippen LogP contribution < -0.4 is 4.90 Å². The lowest BCUT2D eigenvalue weighted by atomic mass is 9.93. The fourth-order valence-corrected chi connectivity index (χ4v) is 5.74. The smallest absolute Gasteiger partial charge is 0.338 e. The molecule has 0 saturated carbocycles. The van der Waals surface area contributed by atoms with Gasteiger partial charge in [-0.25, -0.2) is 4.79 Å². The first kappa shape index (κ1) is 27.7. The lowest BCUT2D eigenvalue weighted by Gasteiger charge is -2.49. The molecule has 1 heterocycles. The minimum Gasteiger partial charge on any atom is -0.456 e. The van der Waals surface area contributed by atoms with Crippen molar-refractivity contribution >= 4 is 11.7 Å². The first-order chi connectivity index (χ1) is 19.3. The zero-order chi connectivity index (χ0) is 28.0. The van der Waals surface area contributed by atoms with Crippen LogP contribution in [0.25, 0.3) is 0 Å². The van der Waals surface area contributed by atoms with Crippen molar-refractivity contribution in [1.29, 1.82) is 0 Å². The molecule has 1 saturated heterocycles. The van der Waals surface area contributed by atoms with E-state index < -0.39 is 5.60 Å². The molecule has 0 N–H and O–H groups in total. The number of carbonyl (C=O) groups excluding carboxylic acids is 1. The number of piperazine rings is 1. The summed E-state index contributed by atoms with van der Waals surface area (Å²) in [6.07, 6.45) is 1.87. The summed E-state index contributed by atoms with van der Waals surface area (Å²) < 4.78 is 5.58. The van der Waals surface area contributed by atoms with Crippen LogP contribution in [0.2, 0.25) is 0 Å². The van der Waals surface area contributed by atoms with E-state index in [1.807, 2.05) is 32.9 Å². The molecular weight excluding hydrogens is 492 g/mol. The molecule has 0 bridgehead atoms. The van der Waals surface area contributed by atoms with E-state index in [9.17, 15) is 4.79 Å². The van der Waals surface area contributed by atoms with Gasteiger partial charge < -0.3 is 9.64 Å². The number of anilines is 1. The van der Waals surface area contributed by atoms with Gasteiger partial charge in [-0.15, -0.1) is 0 Å². The van der Waals surface area contributed by atoms with Gasteiger partial charge in [0.1, 0.15) is 5.60 Å². The average Bonchev–Trinajstić information content (AvgIpc) is 2.94. The van der Waals surface area contributed by atoms with E-state index in [-0.39, 0.29) is 12.0 Å². The highest BCUT2D eigenvalue weighted by atomic mass is 16.6. The summed E-state index contributed by atoms with van der Waals surface area (Å²) in [5.41, 5.74) is 5.26. The van der Waals surface area contributed by atoms with E-state index in [2.05, 4.69) is 113 Å². The Hall–Kier alpha value is -3.89. The van der Waals surface area contributed by atoms with Crippen LogP contribution in [0.15, 0.2) is 115 Å². The Morgan fingerprint density at radius 2 is 1.15 bits per heavy atom. The van der Waals surface area contributed by atoms with Gasteiger partial charge in [-0.3, -0.25) is 4.90 Å². The lowest BCUT2D eigenvalue weighted by Crippen LogP contribution is -2.60. The number of esters is 1. The fourth-order valence-electron chi connectivity index (χ4n) is 5.74. The Labute approximate surface area is 239 Å². The summed E-state index contributed by atoms with van der Waals surface area (Å²) in [5.74, 6) is -0.278. The van der Waals surface area contributed by atoms with Crippen LogP contribution >= 0.6 is 0 Å². The van der Waals surface area contributed by atoms with Crippen molar-refractivity contribution in [2.45, 2.75) is 57.8 Å². The third-order valence-corrected chi connectivity index (χ3v) is 7.40. The van der Waals surface area contributed by atoms with Crippen LogP contribution in [0.4, 0.5) is 5.69 Å². The van der Waals surface area contributed by atoms with Gasteiger partial charge >= 0.3 is 5.97 Å². The van der Waals surface area contributed by atoms with Gasteiger partial charge in [-0.05, 0) is 74.6 Å². The van der Waals surface area contributed by atoms with Crippen LogP contribution in [0.3, 0.4) is 0 Å². The number of benzene rings is 4. The van der Waals surface area contributed by atoms with E-state index in [1.165, 1.54) is 22.4 Å². The quantitative estimate of drug-likeness (QED) is 0.225. The van der Waals surface area contributed by atoms with E-state index >= 15 is 0 Å². The van der Waals surface area contributed by atoms with Gasteiger partial charge in [-0.2, -0.15) is 0 Å². The summed E-state index contributed by atoms with van der Waals surface area (Å²) in [7, 11) is 0. The minimum absolute atomic E-state index is 0.278. The van der Waals surface area contributed by atoms with Crippen LogP contribution in [0.5, 0.6) is 0 Å². The van der Waals surface area contributed by atoms with E-state index in [0.717, 1.165) is 32.5 Å². The van der Waals surface area contributed by atoms with Crippen molar-refractivity contribution in [2.75, 3.05) is 18.0 Å². The normalized spacial score (nSPS) is 17.9. The molecule has 40 heavy (non-hydrogen) atoms. The van der Waals surface area contributed by atoms with Gasteiger partial charge in [0.2, 0.25) is 0 Å². The maximum atomic E-state index is 12.6. The highest BCUT2D eigenvalue weighted by Gasteiger charge is 2.35. The Balaban J connectivity index is 1.44. The maximum absolute atomic E-state index is 12.6. The molecule has 0 amide bonds. The second kappa shape index (κ2) is 12.5. The van der Waals surface area contributed by atoms with Crippen molar-refractivity contribution in [1.82, 2.24) is 4.90 Å². The molecule has 0 unspecified atom stereocenters. The second-order valence-corrected chi connectivity index (χ2v) is 11.8. The van der Waals surface area contributed by atoms with Crippen molar-refractivity contribution in [2.24, 2.45) is 0 Å². The molecule has 5 rings (SSSR count). The van der Waals surface area contributed by atoms with Gasteiger partial charge in [0, 0.05) is 37.4 Å². The number of hydrogen-bond acceptors (Lipinski definition) is 4. The standard InChI is InChI=1S/C36H40N2O2/c1-36(2,3)40-35(39)31-21-19-29(20-22-31)24-34-27-37(25-30-15-9-5-10-16-30)26-33(23-28-13-7-4-8-14-28)38(34)32-17-11-6-12-18-32/h4-22,33-34H,23-27H2,1-3H3/t33-,34+/m0/s1. The summed E-state index contributed by atoms with van der Waals surface area (Å²) >= 11 is 0. The van der Waals surface area contributed by atoms with Gasteiger partial charge in [0.25, 0.3) is 0 Å². The van der Waals surface area contributed by atoms with Crippen molar-refractivity contribution < 1.29 is 9.53 Å². The van der Waals surface area contributed by atoms with E-state index in [1.54, 1.807) is 0 Å². The Morgan fingerprint density at radius 1 is 0.675 bits per heavy atom. The first-order valence-electron chi connectivity index (χ1n) is 14.3. The number of carbonyl (C=O) groups is 1. The molecule has 206 valence electrons. The Kier molecular flexibility index (Phi) is 8.66. The topological polar surface area (TPSA) is 32.8 Å². The first-order valence-corrected chi connectivity index (χ1v) is 14.3. The number of nitrogens with zero attached hydrogens (tertiary/aromatic N) is 2. The van der Waals surface area contributed by atoms with Crippen molar-refractivity contribution in [3.63, 3.8) is 0 Å². The van der Waals surface area contributed by atoms with Gasteiger partial charge in [0.05, 0.1) is 5.56 Å². The van der Waals surface area contributed by atoms with E-state index in [0.29, 0.717) is 11.6 Å². The largest absolute Gasteiger partial charge is 0.456 e. The predicted octanol–water partition coefficient (Wildman–Crippen LogP) is 7.19.